The van der Waals surface area contributed by atoms with E-state index in [-0.39, 0.29) is 11.3 Å². The highest BCUT2D eigenvalue weighted by Gasteiger charge is 2.33. The molecule has 0 aromatic heterocycles. The van der Waals surface area contributed by atoms with Gasteiger partial charge in [-0.15, -0.1) is 0 Å². The number of benzene rings is 2. The highest BCUT2D eigenvalue weighted by atomic mass is 19.1. The van der Waals surface area contributed by atoms with E-state index in [2.05, 4.69) is 20.5 Å². The van der Waals surface area contributed by atoms with Gasteiger partial charge in [0.25, 0.3) is 5.91 Å². The molecule has 2 aliphatic rings. The number of piperidine rings is 1. The fourth-order valence-corrected chi connectivity index (χ4v) is 4.11. The quantitative estimate of drug-likeness (QED) is 0.489. The predicted octanol–water partition coefficient (Wildman–Crippen LogP) is 3.49. The minimum Gasteiger partial charge on any atom is -0.490 e. The third-order valence-corrected chi connectivity index (χ3v) is 5.96. The average molecular weight is 470 g/mol. The Balaban J connectivity index is 1.43. The van der Waals surface area contributed by atoms with Gasteiger partial charge in [0.05, 0.1) is 12.2 Å². The maximum absolute atomic E-state index is 14.8. The molecule has 1 saturated heterocycles. The summed E-state index contributed by atoms with van der Waals surface area (Å²) in [5, 5.41) is 6.14. The molecular weight excluding hydrogens is 440 g/mol. The number of hydrogen-bond acceptors (Lipinski definition) is 6. The second kappa shape index (κ2) is 10.6. The number of halogens is 2. The van der Waals surface area contributed by atoms with Crippen LogP contribution in [-0.2, 0) is 10.6 Å². The number of nitrogens with one attached hydrogen (secondary N) is 2. The molecule has 4 rings (SSSR count). The number of primary amides is 1. The lowest BCUT2D eigenvalue weighted by Crippen LogP contribution is -2.47. The Kier molecular flexibility index (Phi) is 7.42. The van der Waals surface area contributed by atoms with E-state index in [1.807, 2.05) is 0 Å². The SMILES string of the molecule is NC(=O)C1=CNC(Nc2ccc(OCCCN3CCCCC3)c(F)c2)(c2ccc(F)cc2)N=C1. The van der Waals surface area contributed by atoms with Crippen molar-refractivity contribution in [2.75, 3.05) is 31.6 Å². The highest BCUT2D eigenvalue weighted by molar-refractivity contribution is 6.11. The molecular formula is C25H29F2N5O2. The van der Waals surface area contributed by atoms with Crippen molar-refractivity contribution in [2.45, 2.75) is 31.5 Å². The molecule has 0 aliphatic carbocycles. The number of likely N-dealkylation sites (tertiary alicyclic amines) is 1. The number of hydrogen-bond donors (Lipinski definition) is 3. The van der Waals surface area contributed by atoms with Crippen molar-refractivity contribution in [1.82, 2.24) is 10.2 Å². The van der Waals surface area contributed by atoms with Gasteiger partial charge < -0.3 is 26.0 Å². The van der Waals surface area contributed by atoms with E-state index < -0.39 is 23.3 Å². The topological polar surface area (TPSA) is 92.0 Å². The molecule has 180 valence electrons. The molecule has 0 radical (unpaired) electrons. The van der Waals surface area contributed by atoms with Crippen LogP contribution in [0.15, 0.2) is 59.2 Å². The van der Waals surface area contributed by atoms with Crippen molar-refractivity contribution in [1.29, 1.82) is 0 Å². The van der Waals surface area contributed by atoms with Gasteiger partial charge in [0.1, 0.15) is 5.82 Å². The molecule has 0 spiro atoms. The van der Waals surface area contributed by atoms with Crippen molar-refractivity contribution >= 4 is 17.8 Å². The van der Waals surface area contributed by atoms with Crippen LogP contribution in [0, 0.1) is 11.6 Å². The highest BCUT2D eigenvalue weighted by Crippen LogP contribution is 2.30. The number of nitrogens with zero attached hydrogens (tertiary/aromatic N) is 2. The van der Waals surface area contributed by atoms with Crippen LogP contribution in [0.4, 0.5) is 14.5 Å². The Bertz CT molecular complexity index is 1070. The van der Waals surface area contributed by atoms with E-state index in [1.165, 1.54) is 49.9 Å². The first-order chi connectivity index (χ1) is 16.4. The number of amides is 1. The molecule has 1 unspecified atom stereocenters. The Labute approximate surface area is 197 Å². The molecule has 0 saturated carbocycles. The number of anilines is 1. The summed E-state index contributed by atoms with van der Waals surface area (Å²) in [6.45, 7) is 3.63. The zero-order valence-corrected chi connectivity index (χ0v) is 18.9. The Hall–Kier alpha value is -3.46. The molecule has 1 atom stereocenters. The van der Waals surface area contributed by atoms with Crippen molar-refractivity contribution in [2.24, 2.45) is 10.7 Å². The van der Waals surface area contributed by atoms with Crippen molar-refractivity contribution in [3.05, 3.63) is 71.4 Å². The standard InChI is InChI=1S/C25H29F2N5O2/c26-20-7-5-19(6-8-20)25(29-16-18(17-30-25)24(28)33)31-21-9-10-23(22(27)15-21)34-14-4-13-32-11-2-1-3-12-32/h5-10,15-17,29,31H,1-4,11-14H2,(H2,28,33). The zero-order valence-electron chi connectivity index (χ0n) is 18.9. The summed E-state index contributed by atoms with van der Waals surface area (Å²) >= 11 is 0. The van der Waals surface area contributed by atoms with E-state index in [0.29, 0.717) is 17.9 Å². The van der Waals surface area contributed by atoms with Gasteiger partial charge in [0, 0.05) is 36.3 Å². The van der Waals surface area contributed by atoms with Crippen molar-refractivity contribution in [3.63, 3.8) is 0 Å². The van der Waals surface area contributed by atoms with E-state index in [1.54, 1.807) is 24.3 Å². The molecule has 1 amide bonds. The van der Waals surface area contributed by atoms with Crippen LogP contribution in [0.25, 0.3) is 0 Å². The minimum atomic E-state index is -1.28. The fraction of sp³-hybridized carbons (Fsp3) is 0.360. The smallest absolute Gasteiger partial charge is 0.251 e. The molecule has 2 aliphatic heterocycles. The van der Waals surface area contributed by atoms with Gasteiger partial charge in [0.15, 0.2) is 11.6 Å². The second-order valence-corrected chi connectivity index (χ2v) is 8.46. The van der Waals surface area contributed by atoms with Crippen LogP contribution in [0.1, 0.15) is 31.2 Å². The van der Waals surface area contributed by atoms with Crippen LogP contribution < -0.4 is 21.1 Å². The van der Waals surface area contributed by atoms with E-state index in [9.17, 15) is 13.6 Å². The molecule has 2 aromatic rings. The average Bonchev–Trinajstić information content (AvgIpc) is 2.84. The van der Waals surface area contributed by atoms with Gasteiger partial charge in [-0.25, -0.2) is 13.8 Å². The lowest BCUT2D eigenvalue weighted by atomic mass is 10.1. The normalized spacial score (nSPS) is 20.4. The Morgan fingerprint density at radius 2 is 1.91 bits per heavy atom. The summed E-state index contributed by atoms with van der Waals surface area (Å²) in [5.41, 5.74) is 6.48. The predicted molar refractivity (Wildman–Crippen MR) is 127 cm³/mol. The van der Waals surface area contributed by atoms with Gasteiger partial charge in [0.2, 0.25) is 5.79 Å². The summed E-state index contributed by atoms with van der Waals surface area (Å²) in [6, 6.07) is 10.2. The Morgan fingerprint density at radius 1 is 1.15 bits per heavy atom. The third kappa shape index (κ3) is 5.72. The number of ether oxygens (including phenoxy) is 1. The van der Waals surface area contributed by atoms with Crippen LogP contribution in [0.5, 0.6) is 5.75 Å². The molecule has 2 heterocycles. The summed E-state index contributed by atoms with van der Waals surface area (Å²) in [5.74, 6) is -2.66. The van der Waals surface area contributed by atoms with E-state index >= 15 is 0 Å². The minimum absolute atomic E-state index is 0.177. The van der Waals surface area contributed by atoms with Crippen LogP contribution in [-0.4, -0.2) is 43.3 Å². The van der Waals surface area contributed by atoms with E-state index in [4.69, 9.17) is 10.5 Å². The summed E-state index contributed by atoms with van der Waals surface area (Å²) in [4.78, 5) is 18.3. The number of rotatable bonds is 9. The molecule has 4 N–H and O–H groups in total. The second-order valence-electron chi connectivity index (χ2n) is 8.46. The van der Waals surface area contributed by atoms with E-state index in [0.717, 1.165) is 26.1 Å². The van der Waals surface area contributed by atoms with Crippen LogP contribution in [0.3, 0.4) is 0 Å². The largest absolute Gasteiger partial charge is 0.490 e. The molecule has 2 aromatic carbocycles. The number of carbonyl (C=O) groups excluding carboxylic acids is 1. The number of carbonyl (C=O) groups is 1. The van der Waals surface area contributed by atoms with Crippen molar-refractivity contribution < 1.29 is 18.3 Å². The zero-order chi connectivity index (χ0) is 24.0. The fourth-order valence-electron chi connectivity index (χ4n) is 4.11. The Morgan fingerprint density at radius 3 is 2.56 bits per heavy atom. The summed E-state index contributed by atoms with van der Waals surface area (Å²) in [7, 11) is 0. The first-order valence-corrected chi connectivity index (χ1v) is 11.5. The first kappa shape index (κ1) is 23.7. The number of nitrogens with two attached hydrogens (primary N) is 1. The van der Waals surface area contributed by atoms with Gasteiger partial charge in [-0.1, -0.05) is 6.42 Å². The number of aliphatic imine (C=N–C) groups is 1. The maximum atomic E-state index is 14.8. The molecule has 34 heavy (non-hydrogen) atoms. The summed E-state index contributed by atoms with van der Waals surface area (Å²) in [6.07, 6.45) is 7.35. The third-order valence-electron chi connectivity index (χ3n) is 5.96. The molecule has 1 fully saturated rings. The van der Waals surface area contributed by atoms with Gasteiger partial charge in [-0.3, -0.25) is 4.79 Å². The van der Waals surface area contributed by atoms with Crippen molar-refractivity contribution in [3.8, 4) is 5.75 Å². The van der Waals surface area contributed by atoms with Gasteiger partial charge in [-0.05, 0) is 68.8 Å². The molecule has 9 heteroatoms. The first-order valence-electron chi connectivity index (χ1n) is 11.5. The lowest BCUT2D eigenvalue weighted by molar-refractivity contribution is -0.114. The maximum Gasteiger partial charge on any atom is 0.251 e. The van der Waals surface area contributed by atoms with Gasteiger partial charge in [-0.2, -0.15) is 0 Å². The monoisotopic (exact) mass is 469 g/mol. The molecule has 7 nitrogen and oxygen atoms in total. The summed E-state index contributed by atoms with van der Waals surface area (Å²) < 4.78 is 33.9. The van der Waals surface area contributed by atoms with Gasteiger partial charge >= 0.3 is 0 Å². The van der Waals surface area contributed by atoms with Crippen LogP contribution in [0.2, 0.25) is 0 Å². The lowest BCUT2D eigenvalue weighted by Gasteiger charge is -2.34. The molecule has 0 bridgehead atoms. The van der Waals surface area contributed by atoms with Crippen LogP contribution >= 0.6 is 0 Å².